The summed E-state index contributed by atoms with van der Waals surface area (Å²) < 4.78 is 34.4. The molecule has 6 rings (SSSR count). The van der Waals surface area contributed by atoms with Crippen LogP contribution in [0.15, 0.2) is 76.9 Å². The number of benzene rings is 2. The number of aliphatic imine (C=N–C) groups is 1. The van der Waals surface area contributed by atoms with Crippen LogP contribution in [0.3, 0.4) is 0 Å². The van der Waals surface area contributed by atoms with Crippen LogP contribution in [-0.2, 0) is 14.8 Å². The smallest absolute Gasteiger partial charge is 0.277 e. The number of nitrogens with zero attached hydrogens (tertiary/aromatic N) is 4. The van der Waals surface area contributed by atoms with Gasteiger partial charge in [-0.2, -0.15) is 4.31 Å². The Morgan fingerprint density at radius 3 is 2.57 bits per heavy atom. The zero-order chi connectivity index (χ0) is 24.0. The van der Waals surface area contributed by atoms with E-state index in [1.165, 1.54) is 4.31 Å². The maximum absolute atomic E-state index is 12.9. The third-order valence-electron chi connectivity index (χ3n) is 6.19. The molecule has 0 spiro atoms. The maximum Gasteiger partial charge on any atom is 0.277 e. The molecule has 0 atom stereocenters. The Labute approximate surface area is 201 Å². The molecule has 1 amide bonds. The van der Waals surface area contributed by atoms with E-state index in [-0.39, 0.29) is 10.8 Å². The lowest BCUT2D eigenvalue weighted by molar-refractivity contribution is 0.0730. The number of morpholine rings is 1. The highest BCUT2D eigenvalue weighted by Gasteiger charge is 2.26. The first-order valence-corrected chi connectivity index (χ1v) is 12.6. The molecule has 0 aliphatic carbocycles. The molecule has 0 unspecified atom stereocenters. The Morgan fingerprint density at radius 2 is 1.77 bits per heavy atom. The van der Waals surface area contributed by atoms with Crippen molar-refractivity contribution < 1.29 is 17.9 Å². The lowest BCUT2D eigenvalue weighted by atomic mass is 10.0. The van der Waals surface area contributed by atoms with Gasteiger partial charge in [-0.3, -0.25) is 9.20 Å². The minimum Gasteiger partial charge on any atom is -0.379 e. The van der Waals surface area contributed by atoms with Gasteiger partial charge in [-0.15, -0.1) is 0 Å². The lowest BCUT2D eigenvalue weighted by Crippen LogP contribution is -2.40. The van der Waals surface area contributed by atoms with Crippen LogP contribution in [0.2, 0.25) is 0 Å². The molecule has 2 aromatic carbocycles. The summed E-state index contributed by atoms with van der Waals surface area (Å²) in [5.74, 6) is -0.220. The molecular weight excluding hydrogens is 466 g/mol. The molecule has 2 aliphatic rings. The van der Waals surface area contributed by atoms with Crippen LogP contribution in [0.5, 0.6) is 0 Å². The summed E-state index contributed by atoms with van der Waals surface area (Å²) in [7, 11) is -3.54. The van der Waals surface area contributed by atoms with Crippen LogP contribution in [-0.4, -0.2) is 60.5 Å². The van der Waals surface area contributed by atoms with E-state index in [0.29, 0.717) is 31.9 Å². The number of amides is 1. The molecular formula is C25H21N5O4S. The van der Waals surface area contributed by atoms with Crippen LogP contribution in [0.4, 0.5) is 11.4 Å². The average molecular weight is 488 g/mol. The van der Waals surface area contributed by atoms with Gasteiger partial charge in [-0.25, -0.2) is 18.4 Å². The second-order valence-corrected chi connectivity index (χ2v) is 10.2. The van der Waals surface area contributed by atoms with E-state index in [0.717, 1.165) is 33.8 Å². The van der Waals surface area contributed by atoms with Gasteiger partial charge in [0.2, 0.25) is 10.0 Å². The van der Waals surface area contributed by atoms with E-state index >= 15 is 0 Å². The van der Waals surface area contributed by atoms with E-state index in [1.807, 2.05) is 34.9 Å². The highest BCUT2D eigenvalue weighted by atomic mass is 32.2. The Balaban J connectivity index is 1.28. The van der Waals surface area contributed by atoms with Crippen molar-refractivity contribution in [1.82, 2.24) is 13.7 Å². The molecule has 0 radical (unpaired) electrons. The number of hydrogen-bond acceptors (Lipinski definition) is 6. The van der Waals surface area contributed by atoms with Crippen molar-refractivity contribution in [3.63, 3.8) is 0 Å². The van der Waals surface area contributed by atoms with Crippen LogP contribution in [0.1, 0.15) is 15.9 Å². The quantitative estimate of drug-likeness (QED) is 0.463. The summed E-state index contributed by atoms with van der Waals surface area (Å²) in [6.45, 7) is 1.54. The van der Waals surface area contributed by atoms with Crippen molar-refractivity contribution >= 4 is 39.2 Å². The standard InChI is InChI=1S/C25H21N5O4S/c31-25-21-6-1-17(15-18(21)16-27-25)23-8-7-22(24-26-9-10-30(23)24)28-19-2-4-20(5-3-19)35(32,33)29-11-13-34-14-12-29/h1-10,15-16,28H,11-14H2. The first kappa shape index (κ1) is 21.7. The van der Waals surface area contributed by atoms with Gasteiger partial charge in [0.15, 0.2) is 5.65 Å². The van der Waals surface area contributed by atoms with Gasteiger partial charge in [0.25, 0.3) is 5.91 Å². The number of rotatable bonds is 5. The number of fused-ring (bicyclic) bond motifs is 2. The molecule has 2 aromatic heterocycles. The highest BCUT2D eigenvalue weighted by Crippen LogP contribution is 2.30. The monoisotopic (exact) mass is 487 g/mol. The van der Waals surface area contributed by atoms with E-state index < -0.39 is 10.0 Å². The summed E-state index contributed by atoms with van der Waals surface area (Å²) in [4.78, 5) is 20.4. The number of ether oxygens (including phenoxy) is 1. The predicted octanol–water partition coefficient (Wildman–Crippen LogP) is 3.34. The van der Waals surface area contributed by atoms with E-state index in [2.05, 4.69) is 15.3 Å². The van der Waals surface area contributed by atoms with Gasteiger partial charge in [0.1, 0.15) is 0 Å². The third-order valence-corrected chi connectivity index (χ3v) is 8.10. The minimum absolute atomic E-state index is 0.220. The van der Waals surface area contributed by atoms with Crippen molar-refractivity contribution in [1.29, 1.82) is 0 Å². The molecule has 2 aliphatic heterocycles. The van der Waals surface area contributed by atoms with Gasteiger partial charge in [0, 0.05) is 42.9 Å². The fourth-order valence-electron chi connectivity index (χ4n) is 4.37. The number of anilines is 2. The number of imidazole rings is 1. The molecule has 4 aromatic rings. The van der Waals surface area contributed by atoms with Crippen molar-refractivity contribution in [2.45, 2.75) is 4.90 Å². The number of pyridine rings is 1. The number of nitrogens with one attached hydrogen (secondary N) is 1. The first-order valence-electron chi connectivity index (χ1n) is 11.1. The van der Waals surface area contributed by atoms with Crippen LogP contribution < -0.4 is 5.32 Å². The number of aromatic nitrogens is 2. The molecule has 0 saturated carbocycles. The molecule has 1 N–H and O–H groups in total. The van der Waals surface area contributed by atoms with Crippen LogP contribution in [0.25, 0.3) is 16.9 Å². The molecule has 176 valence electrons. The number of sulfonamides is 1. The van der Waals surface area contributed by atoms with E-state index in [4.69, 9.17) is 4.74 Å². The second kappa shape index (κ2) is 8.42. The minimum atomic E-state index is -3.54. The van der Waals surface area contributed by atoms with Gasteiger partial charge < -0.3 is 10.1 Å². The fraction of sp³-hybridized carbons (Fsp3) is 0.160. The van der Waals surface area contributed by atoms with Crippen molar-refractivity contribution in [2.24, 2.45) is 4.99 Å². The summed E-state index contributed by atoms with van der Waals surface area (Å²) in [5.41, 5.74) is 5.51. The van der Waals surface area contributed by atoms with Crippen molar-refractivity contribution in [2.75, 3.05) is 31.6 Å². The van der Waals surface area contributed by atoms with E-state index in [1.54, 1.807) is 42.7 Å². The van der Waals surface area contributed by atoms with Crippen LogP contribution in [0, 0.1) is 0 Å². The molecule has 4 heterocycles. The zero-order valence-corrected chi connectivity index (χ0v) is 19.4. The summed E-state index contributed by atoms with van der Waals surface area (Å²) >= 11 is 0. The third kappa shape index (κ3) is 3.81. The topological polar surface area (TPSA) is 105 Å². The Morgan fingerprint density at radius 1 is 0.971 bits per heavy atom. The molecule has 0 bridgehead atoms. The molecule has 9 nitrogen and oxygen atoms in total. The molecule has 1 saturated heterocycles. The Hall–Kier alpha value is -3.86. The number of hydrogen-bond donors (Lipinski definition) is 1. The SMILES string of the molecule is O=C1N=Cc2cc(-c3ccc(Nc4ccc(S(=O)(=O)N5CCOCC5)cc4)c4nccn34)ccc21. The normalized spacial score (nSPS) is 16.1. The fourth-order valence-corrected chi connectivity index (χ4v) is 5.78. The van der Waals surface area contributed by atoms with Crippen molar-refractivity contribution in [3.05, 3.63) is 78.1 Å². The molecule has 10 heteroatoms. The van der Waals surface area contributed by atoms with Gasteiger partial charge >= 0.3 is 0 Å². The average Bonchev–Trinajstić information content (AvgIpc) is 3.52. The Kier molecular flexibility index (Phi) is 5.21. The molecule has 35 heavy (non-hydrogen) atoms. The second-order valence-electron chi connectivity index (χ2n) is 8.28. The summed E-state index contributed by atoms with van der Waals surface area (Å²) in [6.07, 6.45) is 5.19. The number of carbonyl (C=O) groups is 1. The molecule has 1 fully saturated rings. The predicted molar refractivity (Wildman–Crippen MR) is 132 cm³/mol. The highest BCUT2D eigenvalue weighted by molar-refractivity contribution is 7.89. The summed E-state index contributed by atoms with van der Waals surface area (Å²) in [5, 5.41) is 3.34. The zero-order valence-electron chi connectivity index (χ0n) is 18.6. The maximum atomic E-state index is 12.9. The van der Waals surface area contributed by atoms with Gasteiger partial charge in [-0.1, -0.05) is 6.07 Å². The number of carbonyl (C=O) groups excluding carboxylic acids is 1. The Bertz CT molecular complexity index is 1590. The first-order chi connectivity index (χ1) is 17.0. The lowest BCUT2D eigenvalue weighted by Gasteiger charge is -2.26. The van der Waals surface area contributed by atoms with Crippen LogP contribution >= 0.6 is 0 Å². The van der Waals surface area contributed by atoms with Crippen molar-refractivity contribution in [3.8, 4) is 11.3 Å². The largest absolute Gasteiger partial charge is 0.379 e. The summed E-state index contributed by atoms with van der Waals surface area (Å²) in [6, 6.07) is 16.3. The van der Waals surface area contributed by atoms with Gasteiger partial charge in [-0.05, 0) is 54.1 Å². The van der Waals surface area contributed by atoms with E-state index in [9.17, 15) is 13.2 Å². The van der Waals surface area contributed by atoms with Gasteiger partial charge in [0.05, 0.1) is 35.1 Å².